The molecular formula is C19H24ClN5O2. The predicted molar refractivity (Wildman–Crippen MR) is 107 cm³/mol. The van der Waals surface area contributed by atoms with Crippen molar-refractivity contribution in [1.29, 1.82) is 0 Å². The summed E-state index contributed by atoms with van der Waals surface area (Å²) in [5, 5.41) is 3.92. The van der Waals surface area contributed by atoms with Crippen LogP contribution in [0, 0.1) is 13.8 Å². The van der Waals surface area contributed by atoms with Gasteiger partial charge in [0.15, 0.2) is 0 Å². The number of amides is 1. The van der Waals surface area contributed by atoms with E-state index in [1.54, 1.807) is 4.90 Å². The first-order chi connectivity index (χ1) is 13.0. The maximum atomic E-state index is 11.9. The second-order valence-electron chi connectivity index (χ2n) is 6.45. The van der Waals surface area contributed by atoms with Gasteiger partial charge in [-0.25, -0.2) is 9.78 Å². The number of nitrogens with one attached hydrogen (secondary N) is 1. The fourth-order valence-corrected chi connectivity index (χ4v) is 3.12. The summed E-state index contributed by atoms with van der Waals surface area (Å²) in [6.45, 7) is 8.77. The number of nitrogens with zero attached hydrogens (tertiary/aromatic N) is 4. The maximum Gasteiger partial charge on any atom is 0.409 e. The molecule has 1 aromatic heterocycles. The number of hydrogen-bond donors (Lipinski definition) is 1. The number of anilines is 3. The van der Waals surface area contributed by atoms with Crippen molar-refractivity contribution in [3.63, 3.8) is 0 Å². The number of rotatable bonds is 4. The molecule has 1 saturated heterocycles. The molecule has 8 heteroatoms. The summed E-state index contributed by atoms with van der Waals surface area (Å²) in [6, 6.07) is 7.63. The summed E-state index contributed by atoms with van der Waals surface area (Å²) in [5.41, 5.74) is 2.82. The van der Waals surface area contributed by atoms with Crippen molar-refractivity contribution in [1.82, 2.24) is 14.9 Å². The van der Waals surface area contributed by atoms with Crippen LogP contribution in [0.1, 0.15) is 18.2 Å². The molecule has 27 heavy (non-hydrogen) atoms. The minimum absolute atomic E-state index is 0.255. The van der Waals surface area contributed by atoms with Crippen LogP contribution in [0.2, 0.25) is 5.02 Å². The van der Waals surface area contributed by atoms with E-state index in [1.807, 2.05) is 45.0 Å². The van der Waals surface area contributed by atoms with Crippen LogP contribution in [-0.4, -0.2) is 53.7 Å². The summed E-state index contributed by atoms with van der Waals surface area (Å²) in [5.74, 6) is 1.37. The van der Waals surface area contributed by atoms with Crippen LogP contribution in [0.15, 0.2) is 24.3 Å². The minimum Gasteiger partial charge on any atom is -0.450 e. The molecule has 7 nitrogen and oxygen atoms in total. The second kappa shape index (κ2) is 8.43. The Hall–Kier alpha value is -2.54. The van der Waals surface area contributed by atoms with Crippen molar-refractivity contribution in [2.75, 3.05) is 43.0 Å². The Labute approximate surface area is 164 Å². The van der Waals surface area contributed by atoms with Gasteiger partial charge in [0.2, 0.25) is 5.95 Å². The zero-order valence-corrected chi connectivity index (χ0v) is 16.6. The fourth-order valence-electron chi connectivity index (χ4n) is 2.95. The number of carbonyl (C=O) groups excluding carboxylic acids is 1. The zero-order valence-electron chi connectivity index (χ0n) is 15.8. The van der Waals surface area contributed by atoms with Crippen molar-refractivity contribution in [2.45, 2.75) is 20.8 Å². The molecule has 2 aromatic rings. The van der Waals surface area contributed by atoms with Crippen LogP contribution in [0.5, 0.6) is 0 Å². The Bertz CT molecular complexity index is 822. The first kappa shape index (κ1) is 19.2. The molecule has 2 heterocycles. The van der Waals surface area contributed by atoms with Crippen molar-refractivity contribution >= 4 is 35.1 Å². The van der Waals surface area contributed by atoms with Crippen molar-refractivity contribution < 1.29 is 9.53 Å². The molecule has 1 aliphatic rings. The van der Waals surface area contributed by atoms with Gasteiger partial charge < -0.3 is 19.9 Å². The Kier molecular flexibility index (Phi) is 6.01. The largest absolute Gasteiger partial charge is 0.450 e. The lowest BCUT2D eigenvalue weighted by Crippen LogP contribution is -2.49. The highest BCUT2D eigenvalue weighted by Crippen LogP contribution is 2.24. The lowest BCUT2D eigenvalue weighted by molar-refractivity contribution is 0.105. The van der Waals surface area contributed by atoms with Gasteiger partial charge in [-0.3, -0.25) is 0 Å². The number of piperazine rings is 1. The average Bonchev–Trinajstić information content (AvgIpc) is 2.64. The standard InChI is InChI=1S/C19H24ClN5O2/c1-4-27-19(26)25-9-7-24(8-10-25)17-11-14(3)21-18(23-17)22-16-12-15(20)6-5-13(16)2/h5-6,11-12H,4,7-10H2,1-3H3,(H,21,22,23). The summed E-state index contributed by atoms with van der Waals surface area (Å²) in [4.78, 5) is 24.9. The summed E-state index contributed by atoms with van der Waals surface area (Å²) in [7, 11) is 0. The van der Waals surface area contributed by atoms with Gasteiger partial charge in [0.1, 0.15) is 5.82 Å². The van der Waals surface area contributed by atoms with Gasteiger partial charge in [0.05, 0.1) is 6.61 Å². The third-order valence-electron chi connectivity index (χ3n) is 4.42. The second-order valence-corrected chi connectivity index (χ2v) is 6.88. The van der Waals surface area contributed by atoms with Crippen LogP contribution in [0.3, 0.4) is 0 Å². The van der Waals surface area contributed by atoms with Crippen molar-refractivity contribution in [2.24, 2.45) is 0 Å². The number of aryl methyl sites for hydroxylation is 2. The minimum atomic E-state index is -0.255. The number of halogens is 1. The molecule has 1 aliphatic heterocycles. The molecule has 1 aromatic carbocycles. The van der Waals surface area contributed by atoms with Crippen molar-refractivity contribution in [3.8, 4) is 0 Å². The molecule has 0 spiro atoms. The Morgan fingerprint density at radius 3 is 2.63 bits per heavy atom. The van der Waals surface area contributed by atoms with Gasteiger partial charge >= 0.3 is 6.09 Å². The molecule has 0 aliphatic carbocycles. The number of benzene rings is 1. The van der Waals surface area contributed by atoms with E-state index in [1.165, 1.54) is 0 Å². The summed E-state index contributed by atoms with van der Waals surface area (Å²) < 4.78 is 5.07. The number of hydrogen-bond acceptors (Lipinski definition) is 6. The first-order valence-electron chi connectivity index (χ1n) is 9.01. The molecule has 144 valence electrons. The molecule has 0 saturated carbocycles. The molecule has 0 radical (unpaired) electrons. The smallest absolute Gasteiger partial charge is 0.409 e. The summed E-state index contributed by atoms with van der Waals surface area (Å²) in [6.07, 6.45) is -0.255. The molecule has 0 atom stereocenters. The average molecular weight is 390 g/mol. The van der Waals surface area contributed by atoms with Gasteiger partial charge in [0.25, 0.3) is 0 Å². The lowest BCUT2D eigenvalue weighted by Gasteiger charge is -2.34. The third kappa shape index (κ3) is 4.80. The fraction of sp³-hybridized carbons (Fsp3) is 0.421. The number of ether oxygens (including phenoxy) is 1. The van der Waals surface area contributed by atoms with E-state index in [9.17, 15) is 4.79 Å². The molecule has 0 bridgehead atoms. The molecule has 1 N–H and O–H groups in total. The van der Waals surface area contributed by atoms with E-state index in [2.05, 4.69) is 20.2 Å². The highest BCUT2D eigenvalue weighted by atomic mass is 35.5. The van der Waals surface area contributed by atoms with Gasteiger partial charge in [-0.1, -0.05) is 17.7 Å². The number of aromatic nitrogens is 2. The Morgan fingerprint density at radius 2 is 1.93 bits per heavy atom. The van der Waals surface area contributed by atoms with Gasteiger partial charge in [-0.2, -0.15) is 4.98 Å². The first-order valence-corrected chi connectivity index (χ1v) is 9.39. The van der Waals surface area contributed by atoms with Gasteiger partial charge in [-0.05, 0) is 38.5 Å². The van der Waals surface area contributed by atoms with Gasteiger partial charge in [0, 0.05) is 48.6 Å². The van der Waals surface area contributed by atoms with E-state index in [0.717, 1.165) is 22.8 Å². The van der Waals surface area contributed by atoms with E-state index >= 15 is 0 Å². The van der Waals surface area contributed by atoms with Crippen LogP contribution < -0.4 is 10.2 Å². The Morgan fingerprint density at radius 1 is 1.19 bits per heavy atom. The highest BCUT2D eigenvalue weighted by molar-refractivity contribution is 6.30. The topological polar surface area (TPSA) is 70.6 Å². The quantitative estimate of drug-likeness (QED) is 0.858. The normalized spacial score (nSPS) is 14.2. The molecule has 0 unspecified atom stereocenters. The maximum absolute atomic E-state index is 11.9. The Balaban J connectivity index is 1.72. The molecule has 1 amide bonds. The zero-order chi connectivity index (χ0) is 19.4. The van der Waals surface area contributed by atoms with Crippen LogP contribution in [0.25, 0.3) is 0 Å². The molecule has 3 rings (SSSR count). The van der Waals surface area contributed by atoms with Crippen LogP contribution in [0.4, 0.5) is 22.2 Å². The molecule has 1 fully saturated rings. The van der Waals surface area contributed by atoms with E-state index in [-0.39, 0.29) is 6.09 Å². The third-order valence-corrected chi connectivity index (χ3v) is 4.65. The predicted octanol–water partition coefficient (Wildman–Crippen LogP) is 3.77. The highest BCUT2D eigenvalue weighted by Gasteiger charge is 2.23. The van der Waals surface area contributed by atoms with E-state index in [4.69, 9.17) is 16.3 Å². The lowest BCUT2D eigenvalue weighted by atomic mass is 10.2. The van der Waals surface area contributed by atoms with Crippen LogP contribution >= 0.6 is 11.6 Å². The monoisotopic (exact) mass is 389 g/mol. The van der Waals surface area contributed by atoms with E-state index in [0.29, 0.717) is 43.8 Å². The molecular weight excluding hydrogens is 366 g/mol. The van der Waals surface area contributed by atoms with Gasteiger partial charge in [-0.15, -0.1) is 0 Å². The van der Waals surface area contributed by atoms with Crippen LogP contribution in [-0.2, 0) is 4.74 Å². The summed E-state index contributed by atoms with van der Waals surface area (Å²) >= 11 is 6.10. The number of carbonyl (C=O) groups is 1. The van der Waals surface area contributed by atoms with Crippen molar-refractivity contribution in [3.05, 3.63) is 40.5 Å². The SMILES string of the molecule is CCOC(=O)N1CCN(c2cc(C)nc(Nc3cc(Cl)ccc3C)n2)CC1. The van der Waals surface area contributed by atoms with E-state index < -0.39 is 0 Å².